The smallest absolute Gasteiger partial charge is 0.269 e. The second-order valence-electron chi connectivity index (χ2n) is 2.59. The van der Waals surface area contributed by atoms with Crippen LogP contribution in [0.25, 0.3) is 11.3 Å². The molecule has 0 atom stereocenters. The predicted octanol–water partition coefficient (Wildman–Crippen LogP) is 1.64. The molecular weight excluding hydrogens is 186 g/mol. The third-order valence-corrected chi connectivity index (χ3v) is 1.73. The van der Waals surface area contributed by atoms with Crippen molar-refractivity contribution in [2.24, 2.45) is 0 Å². The standard InChI is InChI=1S/C8H5N3O3/c12-11(13)7-3-1-6(2-4-7)8-5-14-10-9-8/h1-5H. The van der Waals surface area contributed by atoms with Crippen LogP contribution in [0.1, 0.15) is 0 Å². The van der Waals surface area contributed by atoms with Crippen molar-refractivity contribution in [1.29, 1.82) is 0 Å². The van der Waals surface area contributed by atoms with E-state index in [4.69, 9.17) is 0 Å². The van der Waals surface area contributed by atoms with E-state index in [-0.39, 0.29) is 5.69 Å². The number of aromatic nitrogens is 2. The van der Waals surface area contributed by atoms with Crippen LogP contribution in [0.5, 0.6) is 0 Å². The summed E-state index contributed by atoms with van der Waals surface area (Å²) < 4.78 is 4.55. The third-order valence-electron chi connectivity index (χ3n) is 1.73. The lowest BCUT2D eigenvalue weighted by Gasteiger charge is -1.93. The van der Waals surface area contributed by atoms with Crippen LogP contribution in [-0.2, 0) is 0 Å². The summed E-state index contributed by atoms with van der Waals surface area (Å²) in [7, 11) is 0. The van der Waals surface area contributed by atoms with Gasteiger partial charge in [0, 0.05) is 23.0 Å². The van der Waals surface area contributed by atoms with Crippen molar-refractivity contribution in [3.63, 3.8) is 0 Å². The van der Waals surface area contributed by atoms with Crippen LogP contribution < -0.4 is 0 Å². The quantitative estimate of drug-likeness (QED) is 0.532. The molecule has 1 aromatic carbocycles. The zero-order valence-electron chi connectivity index (χ0n) is 6.95. The summed E-state index contributed by atoms with van der Waals surface area (Å²) in [5.41, 5.74) is 1.34. The van der Waals surface area contributed by atoms with E-state index >= 15 is 0 Å². The molecule has 0 unspecified atom stereocenters. The lowest BCUT2D eigenvalue weighted by atomic mass is 10.1. The van der Waals surface area contributed by atoms with Crippen molar-refractivity contribution in [2.45, 2.75) is 0 Å². The van der Waals surface area contributed by atoms with Gasteiger partial charge in [0.2, 0.25) is 0 Å². The van der Waals surface area contributed by atoms with Crippen molar-refractivity contribution < 1.29 is 9.45 Å². The molecule has 0 bridgehead atoms. The minimum atomic E-state index is -0.454. The minimum Gasteiger partial charge on any atom is -0.345 e. The first-order valence-electron chi connectivity index (χ1n) is 3.79. The molecule has 6 heteroatoms. The first kappa shape index (κ1) is 8.36. The zero-order chi connectivity index (χ0) is 9.97. The van der Waals surface area contributed by atoms with Crippen molar-refractivity contribution in [2.75, 3.05) is 0 Å². The van der Waals surface area contributed by atoms with Crippen LogP contribution in [0.4, 0.5) is 5.69 Å². The highest BCUT2D eigenvalue weighted by atomic mass is 16.6. The number of rotatable bonds is 2. The fourth-order valence-corrected chi connectivity index (χ4v) is 1.04. The SMILES string of the molecule is O=[N+]([O-])c1ccc(-c2conn2)cc1. The van der Waals surface area contributed by atoms with Crippen LogP contribution in [-0.4, -0.2) is 15.3 Å². The van der Waals surface area contributed by atoms with Crippen molar-refractivity contribution >= 4 is 5.69 Å². The normalized spacial score (nSPS) is 10.0. The summed E-state index contributed by atoms with van der Waals surface area (Å²) in [4.78, 5) is 9.90. The Kier molecular flexibility index (Phi) is 1.94. The van der Waals surface area contributed by atoms with Gasteiger partial charge >= 0.3 is 0 Å². The van der Waals surface area contributed by atoms with Gasteiger partial charge < -0.3 is 4.52 Å². The summed E-state index contributed by atoms with van der Waals surface area (Å²) in [5.74, 6) is 0. The van der Waals surface area contributed by atoms with Gasteiger partial charge in [0.05, 0.1) is 4.92 Å². The van der Waals surface area contributed by atoms with Crippen LogP contribution in [0.15, 0.2) is 35.1 Å². The van der Waals surface area contributed by atoms with Gasteiger partial charge in [-0.25, -0.2) is 0 Å². The highest BCUT2D eigenvalue weighted by Gasteiger charge is 2.06. The van der Waals surface area contributed by atoms with Crippen LogP contribution in [0, 0.1) is 10.1 Å². The molecule has 14 heavy (non-hydrogen) atoms. The molecule has 2 aromatic rings. The number of nitrogens with zero attached hydrogens (tertiary/aromatic N) is 3. The van der Waals surface area contributed by atoms with Gasteiger partial charge in [0.25, 0.3) is 5.69 Å². The molecule has 0 saturated carbocycles. The van der Waals surface area contributed by atoms with Crippen molar-refractivity contribution in [3.8, 4) is 11.3 Å². The maximum absolute atomic E-state index is 10.4. The van der Waals surface area contributed by atoms with E-state index < -0.39 is 4.92 Å². The van der Waals surface area contributed by atoms with E-state index in [1.54, 1.807) is 12.1 Å². The van der Waals surface area contributed by atoms with Gasteiger partial charge in [0.1, 0.15) is 5.69 Å². The Balaban J connectivity index is 2.36. The highest BCUT2D eigenvalue weighted by molar-refractivity contribution is 5.58. The molecule has 0 spiro atoms. The van der Waals surface area contributed by atoms with Crippen molar-refractivity contribution in [1.82, 2.24) is 10.4 Å². The van der Waals surface area contributed by atoms with Crippen LogP contribution >= 0.6 is 0 Å². The topological polar surface area (TPSA) is 82.1 Å². The molecule has 0 saturated heterocycles. The molecular formula is C8H5N3O3. The molecule has 0 radical (unpaired) electrons. The number of benzene rings is 1. The molecule has 0 aliphatic heterocycles. The van der Waals surface area contributed by atoms with Gasteiger partial charge in [-0.3, -0.25) is 10.1 Å². The lowest BCUT2D eigenvalue weighted by Crippen LogP contribution is -1.87. The Morgan fingerprint density at radius 2 is 2.00 bits per heavy atom. The molecule has 2 rings (SSSR count). The molecule has 1 aromatic heterocycles. The lowest BCUT2D eigenvalue weighted by molar-refractivity contribution is -0.384. The average molecular weight is 191 g/mol. The van der Waals surface area contributed by atoms with Gasteiger partial charge in [-0.2, -0.15) is 0 Å². The molecule has 0 aliphatic carbocycles. The molecule has 70 valence electrons. The van der Waals surface area contributed by atoms with Gasteiger partial charge in [-0.05, 0) is 12.1 Å². The molecule has 1 heterocycles. The van der Waals surface area contributed by atoms with E-state index in [9.17, 15) is 10.1 Å². The number of hydrogen-bond donors (Lipinski definition) is 0. The first-order valence-corrected chi connectivity index (χ1v) is 3.79. The fraction of sp³-hybridized carbons (Fsp3) is 0. The predicted molar refractivity (Wildman–Crippen MR) is 46.4 cm³/mol. The second kappa shape index (κ2) is 3.25. The average Bonchev–Trinajstić information content (AvgIpc) is 2.71. The number of nitro benzene ring substituents is 1. The minimum absolute atomic E-state index is 0.0465. The fourth-order valence-electron chi connectivity index (χ4n) is 1.04. The summed E-state index contributed by atoms with van der Waals surface area (Å²) in [6.07, 6.45) is 1.38. The Morgan fingerprint density at radius 3 is 2.50 bits per heavy atom. The van der Waals surface area contributed by atoms with Gasteiger partial charge in [-0.1, -0.05) is 0 Å². The summed E-state index contributed by atoms with van der Waals surface area (Å²) in [6.45, 7) is 0. The van der Waals surface area contributed by atoms with E-state index in [1.807, 2.05) is 0 Å². The number of non-ortho nitro benzene ring substituents is 1. The molecule has 0 aliphatic rings. The summed E-state index contributed by atoms with van der Waals surface area (Å²) in [5, 5.41) is 17.3. The van der Waals surface area contributed by atoms with E-state index in [0.717, 1.165) is 5.56 Å². The number of nitro groups is 1. The summed E-state index contributed by atoms with van der Waals surface area (Å²) >= 11 is 0. The monoisotopic (exact) mass is 191 g/mol. The Morgan fingerprint density at radius 1 is 1.29 bits per heavy atom. The van der Waals surface area contributed by atoms with Crippen LogP contribution in [0.2, 0.25) is 0 Å². The Labute approximate surface area is 78.3 Å². The van der Waals surface area contributed by atoms with Gasteiger partial charge in [0.15, 0.2) is 6.26 Å². The molecule has 0 amide bonds. The van der Waals surface area contributed by atoms with Crippen LogP contribution in [0.3, 0.4) is 0 Å². The highest BCUT2D eigenvalue weighted by Crippen LogP contribution is 2.19. The maximum Gasteiger partial charge on any atom is 0.269 e. The van der Waals surface area contributed by atoms with Gasteiger partial charge in [-0.15, -0.1) is 5.10 Å². The van der Waals surface area contributed by atoms with E-state index in [1.165, 1.54) is 18.4 Å². The third kappa shape index (κ3) is 1.45. The Hall–Kier alpha value is -2.24. The first-order chi connectivity index (χ1) is 6.77. The number of hydrogen-bond acceptors (Lipinski definition) is 5. The van der Waals surface area contributed by atoms with Crippen molar-refractivity contribution in [3.05, 3.63) is 40.6 Å². The second-order valence-corrected chi connectivity index (χ2v) is 2.59. The molecule has 0 fully saturated rings. The maximum atomic E-state index is 10.4. The van der Waals surface area contributed by atoms with E-state index in [2.05, 4.69) is 14.9 Å². The summed E-state index contributed by atoms with van der Waals surface area (Å²) in [6, 6.07) is 6.00. The zero-order valence-corrected chi connectivity index (χ0v) is 6.95. The molecule has 0 N–H and O–H groups in total. The largest absolute Gasteiger partial charge is 0.345 e. The Bertz CT molecular complexity index is 435. The van der Waals surface area contributed by atoms with E-state index in [0.29, 0.717) is 5.69 Å². The molecule has 6 nitrogen and oxygen atoms in total.